The fourth-order valence-corrected chi connectivity index (χ4v) is 6.20. The lowest BCUT2D eigenvalue weighted by Gasteiger charge is -2.40. The number of sulfonamides is 1. The summed E-state index contributed by atoms with van der Waals surface area (Å²) in [4.78, 5) is 4.23. The Kier molecular flexibility index (Phi) is 11.4. The van der Waals surface area contributed by atoms with Crippen molar-refractivity contribution >= 4 is 51.7 Å². The van der Waals surface area contributed by atoms with Crippen molar-refractivity contribution in [3.63, 3.8) is 0 Å². The van der Waals surface area contributed by atoms with Crippen LogP contribution in [0.2, 0.25) is 0 Å². The minimum Gasteiger partial charge on any atom is -0.377 e. The van der Waals surface area contributed by atoms with Gasteiger partial charge in [-0.1, -0.05) is 20.8 Å². The maximum absolute atomic E-state index is 12.4. The summed E-state index contributed by atoms with van der Waals surface area (Å²) >= 11 is 1.81. The van der Waals surface area contributed by atoms with Gasteiger partial charge in [0.2, 0.25) is 10.0 Å². The summed E-state index contributed by atoms with van der Waals surface area (Å²) in [5, 5.41) is 6.50. The minimum absolute atomic E-state index is 0. The Labute approximate surface area is 192 Å². The van der Waals surface area contributed by atoms with Crippen molar-refractivity contribution < 1.29 is 13.2 Å². The lowest BCUT2D eigenvalue weighted by atomic mass is 9.78. The second-order valence-electron chi connectivity index (χ2n) is 8.27. The van der Waals surface area contributed by atoms with Crippen LogP contribution in [-0.2, 0) is 14.8 Å². The van der Waals surface area contributed by atoms with E-state index >= 15 is 0 Å². The molecule has 0 bridgehead atoms. The maximum Gasteiger partial charge on any atom is 0.215 e. The van der Waals surface area contributed by atoms with Gasteiger partial charge in [-0.05, 0) is 18.3 Å². The third-order valence-electron chi connectivity index (χ3n) is 5.07. The standard InChI is InChI=1S/C18H36N4O3S2.HI/c1-18(2,3)16-15(6-5-10-25-16)14-21-17(19-4)20-7-13-27(23,24)22-8-11-26-12-9-22;/h15-16H,5-14H2,1-4H3,(H2,19,20,21);1H. The molecule has 0 aromatic rings. The molecule has 2 rings (SSSR count). The van der Waals surface area contributed by atoms with E-state index in [4.69, 9.17) is 4.74 Å². The maximum atomic E-state index is 12.4. The van der Waals surface area contributed by atoms with Gasteiger partial charge in [-0.3, -0.25) is 4.99 Å². The quantitative estimate of drug-likeness (QED) is 0.300. The van der Waals surface area contributed by atoms with E-state index in [1.165, 1.54) is 0 Å². The molecule has 2 aliphatic rings. The van der Waals surface area contributed by atoms with Gasteiger partial charge in [-0.2, -0.15) is 11.8 Å². The number of guanidine groups is 1. The number of rotatable bonds is 6. The van der Waals surface area contributed by atoms with Gasteiger partial charge in [0.1, 0.15) is 0 Å². The number of ether oxygens (including phenoxy) is 1. The summed E-state index contributed by atoms with van der Waals surface area (Å²) in [6.07, 6.45) is 2.43. The van der Waals surface area contributed by atoms with E-state index in [0.717, 1.165) is 37.5 Å². The average molecular weight is 549 g/mol. The van der Waals surface area contributed by atoms with Crippen LogP contribution < -0.4 is 10.6 Å². The topological polar surface area (TPSA) is 83.0 Å². The van der Waals surface area contributed by atoms with Gasteiger partial charge >= 0.3 is 0 Å². The van der Waals surface area contributed by atoms with Crippen LogP contribution in [0.25, 0.3) is 0 Å². The fourth-order valence-electron chi connectivity index (χ4n) is 3.71. The first-order valence-corrected chi connectivity index (χ1v) is 12.6. The van der Waals surface area contributed by atoms with Crippen LogP contribution in [0.3, 0.4) is 0 Å². The summed E-state index contributed by atoms with van der Waals surface area (Å²) in [6.45, 7) is 9.85. The van der Waals surface area contributed by atoms with Gasteiger partial charge in [-0.15, -0.1) is 24.0 Å². The first-order valence-electron chi connectivity index (χ1n) is 9.86. The number of hydrogen-bond acceptors (Lipinski definition) is 5. The summed E-state index contributed by atoms with van der Waals surface area (Å²) in [6, 6.07) is 0. The third-order valence-corrected chi connectivity index (χ3v) is 7.88. The van der Waals surface area contributed by atoms with Crippen molar-refractivity contribution in [1.82, 2.24) is 14.9 Å². The molecule has 0 aromatic heterocycles. The van der Waals surface area contributed by atoms with Gasteiger partial charge in [0, 0.05) is 57.3 Å². The molecule has 2 N–H and O–H groups in total. The van der Waals surface area contributed by atoms with Crippen molar-refractivity contribution in [2.75, 3.05) is 57.1 Å². The molecule has 2 saturated heterocycles. The molecule has 2 aliphatic heterocycles. The van der Waals surface area contributed by atoms with Gasteiger partial charge < -0.3 is 15.4 Å². The number of hydrogen-bond donors (Lipinski definition) is 2. The first kappa shape index (κ1) is 26.3. The first-order chi connectivity index (χ1) is 12.7. The number of nitrogens with zero attached hydrogens (tertiary/aromatic N) is 2. The van der Waals surface area contributed by atoms with Crippen molar-refractivity contribution in [2.45, 2.75) is 39.7 Å². The molecule has 0 spiro atoms. The smallest absolute Gasteiger partial charge is 0.215 e. The average Bonchev–Trinajstić information content (AvgIpc) is 2.64. The predicted molar refractivity (Wildman–Crippen MR) is 129 cm³/mol. The second-order valence-corrected chi connectivity index (χ2v) is 11.6. The van der Waals surface area contributed by atoms with Crippen molar-refractivity contribution in [3.8, 4) is 0 Å². The number of thioether (sulfide) groups is 1. The van der Waals surface area contributed by atoms with E-state index in [1.807, 2.05) is 11.8 Å². The van der Waals surface area contributed by atoms with Crippen LogP contribution in [0, 0.1) is 11.3 Å². The van der Waals surface area contributed by atoms with E-state index < -0.39 is 10.0 Å². The highest BCUT2D eigenvalue weighted by molar-refractivity contribution is 14.0. The van der Waals surface area contributed by atoms with Gasteiger partial charge in [0.25, 0.3) is 0 Å². The highest BCUT2D eigenvalue weighted by Gasteiger charge is 2.35. The molecule has 2 atom stereocenters. The molecule has 0 saturated carbocycles. The molecule has 0 radical (unpaired) electrons. The highest BCUT2D eigenvalue weighted by atomic mass is 127. The molecule has 0 amide bonds. The highest BCUT2D eigenvalue weighted by Crippen LogP contribution is 2.33. The monoisotopic (exact) mass is 548 g/mol. The molecule has 7 nitrogen and oxygen atoms in total. The third kappa shape index (κ3) is 8.16. The summed E-state index contributed by atoms with van der Waals surface area (Å²) in [7, 11) is -1.48. The SMILES string of the molecule is CN=C(NCCS(=O)(=O)N1CCSCC1)NCC1CCCOC1C(C)(C)C.I. The predicted octanol–water partition coefficient (Wildman–Crippen LogP) is 1.99. The Morgan fingerprint density at radius 2 is 1.93 bits per heavy atom. The van der Waals surface area contributed by atoms with E-state index in [9.17, 15) is 8.42 Å². The zero-order valence-corrected chi connectivity index (χ0v) is 21.5. The molecular weight excluding hydrogens is 511 g/mol. The zero-order valence-electron chi connectivity index (χ0n) is 17.6. The summed E-state index contributed by atoms with van der Waals surface area (Å²) in [5.41, 5.74) is 0.102. The molecule has 0 aliphatic carbocycles. The van der Waals surface area contributed by atoms with Crippen LogP contribution in [0.5, 0.6) is 0 Å². The Hall–Kier alpha value is 0.220. The van der Waals surface area contributed by atoms with Crippen LogP contribution >= 0.6 is 35.7 Å². The fraction of sp³-hybridized carbons (Fsp3) is 0.944. The Bertz CT molecular complexity index is 590. The molecule has 2 heterocycles. The molecule has 166 valence electrons. The van der Waals surface area contributed by atoms with Crippen LogP contribution in [-0.4, -0.2) is 81.9 Å². The molecule has 0 aromatic carbocycles. The normalized spacial score (nSPS) is 25.1. The van der Waals surface area contributed by atoms with Crippen molar-refractivity contribution in [3.05, 3.63) is 0 Å². The molecule has 10 heteroatoms. The van der Waals surface area contributed by atoms with Crippen LogP contribution in [0.4, 0.5) is 0 Å². The van der Waals surface area contributed by atoms with E-state index in [2.05, 4.69) is 36.4 Å². The van der Waals surface area contributed by atoms with E-state index in [1.54, 1.807) is 11.4 Å². The number of halogens is 1. The number of nitrogens with one attached hydrogen (secondary N) is 2. The molecule has 2 fully saturated rings. The molecular formula is C18H37IN4O3S2. The van der Waals surface area contributed by atoms with Gasteiger partial charge in [-0.25, -0.2) is 12.7 Å². The molecule has 2 unspecified atom stereocenters. The van der Waals surface area contributed by atoms with E-state index in [-0.39, 0.29) is 41.2 Å². The summed E-state index contributed by atoms with van der Waals surface area (Å²) < 4.78 is 32.5. The zero-order chi connectivity index (χ0) is 19.9. The Morgan fingerprint density at radius 3 is 2.54 bits per heavy atom. The lowest BCUT2D eigenvalue weighted by Crippen LogP contribution is -2.48. The van der Waals surface area contributed by atoms with Crippen molar-refractivity contribution in [2.24, 2.45) is 16.3 Å². The van der Waals surface area contributed by atoms with Crippen molar-refractivity contribution in [1.29, 1.82) is 0 Å². The van der Waals surface area contributed by atoms with Crippen LogP contribution in [0.15, 0.2) is 4.99 Å². The Balaban J connectivity index is 0.00000392. The van der Waals surface area contributed by atoms with Crippen LogP contribution in [0.1, 0.15) is 33.6 Å². The number of aliphatic imine (C=N–C) groups is 1. The van der Waals surface area contributed by atoms with Gasteiger partial charge in [0.15, 0.2) is 5.96 Å². The second kappa shape index (κ2) is 12.2. The summed E-state index contributed by atoms with van der Waals surface area (Å²) in [5.74, 6) is 2.93. The molecule has 28 heavy (non-hydrogen) atoms. The lowest BCUT2D eigenvalue weighted by molar-refractivity contribution is -0.0835. The van der Waals surface area contributed by atoms with Gasteiger partial charge in [0.05, 0.1) is 11.9 Å². The van der Waals surface area contributed by atoms with E-state index in [0.29, 0.717) is 31.5 Å². The largest absolute Gasteiger partial charge is 0.377 e. The minimum atomic E-state index is -3.20. The Morgan fingerprint density at radius 1 is 1.25 bits per heavy atom.